The van der Waals surface area contributed by atoms with E-state index in [4.69, 9.17) is 0 Å². The summed E-state index contributed by atoms with van der Waals surface area (Å²) in [7, 11) is 0. The molecule has 1 fully saturated rings. The first-order valence-corrected chi connectivity index (χ1v) is 6.29. The van der Waals surface area contributed by atoms with Gasteiger partial charge in [0.25, 0.3) is 0 Å². The zero-order chi connectivity index (χ0) is 11.6. The number of hydrogen-bond donors (Lipinski definition) is 2. The third-order valence-electron chi connectivity index (χ3n) is 4.44. The molecule has 2 N–H and O–H groups in total. The van der Waals surface area contributed by atoms with Gasteiger partial charge in [0.2, 0.25) is 0 Å². The maximum Gasteiger partial charge on any atom is 0.0877 e. The fraction of sp³-hybridized carbons (Fsp3) is 1.00. The van der Waals surface area contributed by atoms with Crippen LogP contribution in [-0.4, -0.2) is 21.9 Å². The van der Waals surface area contributed by atoms with Crippen LogP contribution in [0.5, 0.6) is 0 Å². The van der Waals surface area contributed by atoms with Gasteiger partial charge in [0.05, 0.1) is 11.7 Å². The smallest absolute Gasteiger partial charge is 0.0877 e. The van der Waals surface area contributed by atoms with Crippen LogP contribution in [0.1, 0.15) is 53.4 Å². The molecule has 1 aliphatic carbocycles. The zero-order valence-electron chi connectivity index (χ0n) is 10.5. The van der Waals surface area contributed by atoms with Crippen LogP contribution in [0.4, 0.5) is 0 Å². The normalized spacial score (nSPS) is 38.4. The maximum atomic E-state index is 10.2. The molecule has 0 amide bonds. The number of rotatable bonds is 3. The average Bonchev–Trinajstić information content (AvgIpc) is 2.21. The third kappa shape index (κ3) is 2.94. The molecule has 1 aliphatic rings. The van der Waals surface area contributed by atoms with Crippen LogP contribution in [0.2, 0.25) is 0 Å². The molecular formula is C13H26O2. The van der Waals surface area contributed by atoms with Gasteiger partial charge >= 0.3 is 0 Å². The van der Waals surface area contributed by atoms with E-state index in [2.05, 4.69) is 13.8 Å². The van der Waals surface area contributed by atoms with E-state index in [1.165, 1.54) is 6.42 Å². The van der Waals surface area contributed by atoms with Crippen molar-refractivity contribution in [1.82, 2.24) is 0 Å². The van der Waals surface area contributed by atoms with Gasteiger partial charge in [-0.15, -0.1) is 0 Å². The Balaban J connectivity index is 2.58. The van der Waals surface area contributed by atoms with Gasteiger partial charge in [-0.05, 0) is 43.9 Å². The Kier molecular flexibility index (Phi) is 4.19. The van der Waals surface area contributed by atoms with Crippen LogP contribution in [0, 0.1) is 17.8 Å². The van der Waals surface area contributed by atoms with E-state index in [0.717, 1.165) is 18.8 Å². The molecule has 0 radical (unpaired) electrons. The molecule has 15 heavy (non-hydrogen) atoms. The summed E-state index contributed by atoms with van der Waals surface area (Å²) < 4.78 is 0. The van der Waals surface area contributed by atoms with Crippen LogP contribution < -0.4 is 0 Å². The first kappa shape index (κ1) is 13.0. The summed E-state index contributed by atoms with van der Waals surface area (Å²) in [4.78, 5) is 0. The Hall–Kier alpha value is -0.0800. The summed E-state index contributed by atoms with van der Waals surface area (Å²) in [6.45, 7) is 8.22. The number of aliphatic hydroxyl groups is 2. The molecule has 5 atom stereocenters. The van der Waals surface area contributed by atoms with Crippen molar-refractivity contribution >= 4 is 0 Å². The van der Waals surface area contributed by atoms with Gasteiger partial charge in [0.15, 0.2) is 0 Å². The fourth-order valence-corrected chi connectivity index (χ4v) is 2.59. The largest absolute Gasteiger partial charge is 0.390 e. The van der Waals surface area contributed by atoms with E-state index in [9.17, 15) is 10.2 Å². The van der Waals surface area contributed by atoms with Crippen molar-refractivity contribution in [2.75, 3.05) is 0 Å². The van der Waals surface area contributed by atoms with E-state index in [1.807, 2.05) is 6.92 Å². The summed E-state index contributed by atoms with van der Waals surface area (Å²) in [5, 5.41) is 20.2. The lowest BCUT2D eigenvalue weighted by Crippen LogP contribution is -2.45. The van der Waals surface area contributed by atoms with Crippen molar-refractivity contribution in [3.05, 3.63) is 0 Å². The lowest BCUT2D eigenvalue weighted by molar-refractivity contribution is -0.103. The minimum Gasteiger partial charge on any atom is -0.390 e. The monoisotopic (exact) mass is 214 g/mol. The zero-order valence-corrected chi connectivity index (χ0v) is 10.5. The van der Waals surface area contributed by atoms with Crippen molar-refractivity contribution < 1.29 is 10.2 Å². The summed E-state index contributed by atoms with van der Waals surface area (Å²) >= 11 is 0. The van der Waals surface area contributed by atoms with Crippen LogP contribution in [0.3, 0.4) is 0 Å². The van der Waals surface area contributed by atoms with Crippen molar-refractivity contribution in [3.63, 3.8) is 0 Å². The molecule has 1 rings (SSSR count). The predicted molar refractivity (Wildman–Crippen MR) is 62.6 cm³/mol. The molecule has 0 spiro atoms. The Morgan fingerprint density at radius 1 is 1.27 bits per heavy atom. The van der Waals surface area contributed by atoms with Crippen molar-refractivity contribution in [2.45, 2.75) is 65.1 Å². The molecule has 0 aliphatic heterocycles. The van der Waals surface area contributed by atoms with Gasteiger partial charge in [-0.1, -0.05) is 27.2 Å². The van der Waals surface area contributed by atoms with E-state index in [0.29, 0.717) is 12.3 Å². The van der Waals surface area contributed by atoms with E-state index >= 15 is 0 Å². The molecule has 5 unspecified atom stereocenters. The molecule has 0 heterocycles. The van der Waals surface area contributed by atoms with Crippen LogP contribution in [0.25, 0.3) is 0 Å². The Bertz CT molecular complexity index is 201. The van der Waals surface area contributed by atoms with Gasteiger partial charge in [0.1, 0.15) is 0 Å². The minimum atomic E-state index is -0.912. The first-order valence-electron chi connectivity index (χ1n) is 6.29. The molecule has 1 saturated carbocycles. The van der Waals surface area contributed by atoms with E-state index < -0.39 is 11.7 Å². The first-order chi connectivity index (χ1) is 6.88. The molecule has 2 heteroatoms. The maximum absolute atomic E-state index is 10.2. The van der Waals surface area contributed by atoms with Gasteiger partial charge in [-0.25, -0.2) is 0 Å². The molecule has 0 bridgehead atoms. The van der Waals surface area contributed by atoms with Crippen molar-refractivity contribution in [1.29, 1.82) is 0 Å². The topological polar surface area (TPSA) is 40.5 Å². The fourth-order valence-electron chi connectivity index (χ4n) is 2.59. The van der Waals surface area contributed by atoms with Gasteiger partial charge in [0, 0.05) is 0 Å². The second kappa shape index (κ2) is 4.84. The summed E-state index contributed by atoms with van der Waals surface area (Å²) in [6, 6.07) is 0. The van der Waals surface area contributed by atoms with Gasteiger partial charge in [-0.2, -0.15) is 0 Å². The van der Waals surface area contributed by atoms with Crippen LogP contribution in [0.15, 0.2) is 0 Å². The Morgan fingerprint density at radius 3 is 2.33 bits per heavy atom. The average molecular weight is 214 g/mol. The highest BCUT2D eigenvalue weighted by atomic mass is 16.3. The molecule has 90 valence electrons. The van der Waals surface area contributed by atoms with Crippen LogP contribution >= 0.6 is 0 Å². The third-order valence-corrected chi connectivity index (χ3v) is 4.44. The Morgan fingerprint density at radius 2 is 1.87 bits per heavy atom. The molecule has 0 aromatic rings. The highest BCUT2D eigenvalue weighted by Crippen LogP contribution is 2.37. The number of hydrogen-bond acceptors (Lipinski definition) is 2. The molecule has 2 nitrogen and oxygen atoms in total. The quantitative estimate of drug-likeness (QED) is 0.758. The highest BCUT2D eigenvalue weighted by Gasteiger charge is 2.37. The lowest BCUT2D eigenvalue weighted by Gasteiger charge is -2.39. The van der Waals surface area contributed by atoms with Gasteiger partial charge in [-0.3, -0.25) is 0 Å². The van der Waals surface area contributed by atoms with Crippen molar-refractivity contribution in [2.24, 2.45) is 17.8 Å². The van der Waals surface area contributed by atoms with Crippen LogP contribution in [-0.2, 0) is 0 Å². The summed E-state index contributed by atoms with van der Waals surface area (Å²) in [5.74, 6) is 1.72. The molecule has 0 aromatic heterocycles. The van der Waals surface area contributed by atoms with E-state index in [1.54, 1.807) is 6.92 Å². The molecule has 0 aromatic carbocycles. The molecular weight excluding hydrogens is 188 g/mol. The predicted octanol–water partition coefficient (Wildman–Crippen LogP) is 2.58. The standard InChI is InChI=1S/C13H26O2/c1-5-13(4,15)12(14)11-7-6-9(2)10(3)8-11/h9-12,14-15H,5-8H2,1-4H3. The Labute approximate surface area is 93.7 Å². The SMILES string of the molecule is CCC(C)(O)C(O)C1CCC(C)C(C)C1. The van der Waals surface area contributed by atoms with Gasteiger partial charge < -0.3 is 10.2 Å². The van der Waals surface area contributed by atoms with Crippen molar-refractivity contribution in [3.8, 4) is 0 Å². The summed E-state index contributed by atoms with van der Waals surface area (Å²) in [6.07, 6.45) is 3.36. The summed E-state index contributed by atoms with van der Waals surface area (Å²) in [5.41, 5.74) is -0.912. The molecule has 0 saturated heterocycles. The highest BCUT2D eigenvalue weighted by molar-refractivity contribution is 4.89. The second-order valence-corrected chi connectivity index (χ2v) is 5.68. The second-order valence-electron chi connectivity index (χ2n) is 5.68. The number of aliphatic hydroxyl groups excluding tert-OH is 1. The van der Waals surface area contributed by atoms with E-state index in [-0.39, 0.29) is 5.92 Å². The lowest BCUT2D eigenvalue weighted by atomic mass is 9.71. The minimum absolute atomic E-state index is 0.283.